The van der Waals surface area contributed by atoms with Crippen molar-refractivity contribution < 1.29 is 4.42 Å². The monoisotopic (exact) mass is 676 g/mol. The van der Waals surface area contributed by atoms with Gasteiger partial charge in [-0.3, -0.25) is 0 Å². The molecule has 11 rings (SSSR count). The SMILES string of the molecule is Cc1ccccc1-c1ccc(-c2c3ccccc3c(-c3ccc4c(c3)C(C)(C)c3c-4ccc4ccccc34)c3ccccc23)c2oc3ccccc3c12. The van der Waals surface area contributed by atoms with E-state index in [1.165, 1.54) is 88.0 Å². The van der Waals surface area contributed by atoms with E-state index in [0.717, 1.165) is 27.5 Å². The van der Waals surface area contributed by atoms with E-state index in [1.807, 2.05) is 0 Å². The molecule has 0 saturated heterocycles. The van der Waals surface area contributed by atoms with Gasteiger partial charge in [0.05, 0.1) is 0 Å². The van der Waals surface area contributed by atoms with Gasteiger partial charge < -0.3 is 4.42 Å². The van der Waals surface area contributed by atoms with Crippen molar-refractivity contribution in [3.8, 4) is 44.5 Å². The van der Waals surface area contributed by atoms with Crippen LogP contribution in [0.1, 0.15) is 30.5 Å². The summed E-state index contributed by atoms with van der Waals surface area (Å²) in [6.45, 7) is 6.98. The first-order valence-corrected chi connectivity index (χ1v) is 18.6. The fraction of sp³-hybridized carbons (Fsp3) is 0.0769. The van der Waals surface area contributed by atoms with E-state index < -0.39 is 0 Å². The molecule has 0 unspecified atom stereocenters. The smallest absolute Gasteiger partial charge is 0.143 e. The lowest BCUT2D eigenvalue weighted by molar-refractivity contribution is 0.666. The fourth-order valence-electron chi connectivity index (χ4n) is 9.61. The van der Waals surface area contributed by atoms with Gasteiger partial charge in [0.2, 0.25) is 0 Å². The molecule has 0 radical (unpaired) electrons. The molecule has 1 heteroatoms. The van der Waals surface area contributed by atoms with Crippen molar-refractivity contribution in [1.82, 2.24) is 0 Å². The molecular weight excluding hydrogens is 641 g/mol. The first-order chi connectivity index (χ1) is 26.0. The molecule has 250 valence electrons. The zero-order chi connectivity index (χ0) is 35.4. The van der Waals surface area contributed by atoms with Crippen molar-refractivity contribution in [2.45, 2.75) is 26.2 Å². The van der Waals surface area contributed by atoms with Crippen LogP contribution in [-0.4, -0.2) is 0 Å². The summed E-state index contributed by atoms with van der Waals surface area (Å²) in [5.74, 6) is 0. The summed E-state index contributed by atoms with van der Waals surface area (Å²) in [4.78, 5) is 0. The Hall–Kier alpha value is -6.44. The summed E-state index contributed by atoms with van der Waals surface area (Å²) in [6.07, 6.45) is 0. The quantitative estimate of drug-likeness (QED) is 0.170. The average Bonchev–Trinajstić information content (AvgIpc) is 3.70. The van der Waals surface area contributed by atoms with Crippen LogP contribution >= 0.6 is 0 Å². The number of benzene rings is 9. The maximum Gasteiger partial charge on any atom is 0.143 e. The number of fused-ring (bicyclic) bond motifs is 10. The minimum absolute atomic E-state index is 0.140. The molecule has 1 heterocycles. The first kappa shape index (κ1) is 30.2. The maximum absolute atomic E-state index is 6.89. The second-order valence-electron chi connectivity index (χ2n) is 15.2. The van der Waals surface area contributed by atoms with E-state index in [1.54, 1.807) is 0 Å². The lowest BCUT2D eigenvalue weighted by atomic mass is 9.79. The lowest BCUT2D eigenvalue weighted by Gasteiger charge is -2.24. The summed E-state index contributed by atoms with van der Waals surface area (Å²) in [6, 6.07) is 60.3. The predicted molar refractivity (Wildman–Crippen MR) is 225 cm³/mol. The largest absolute Gasteiger partial charge is 0.455 e. The second kappa shape index (κ2) is 11.0. The molecule has 1 nitrogen and oxygen atoms in total. The van der Waals surface area contributed by atoms with Gasteiger partial charge in [0.1, 0.15) is 11.2 Å². The van der Waals surface area contributed by atoms with Crippen molar-refractivity contribution in [3.63, 3.8) is 0 Å². The van der Waals surface area contributed by atoms with Gasteiger partial charge in [-0.15, -0.1) is 0 Å². The molecule has 0 aliphatic heterocycles. The third-order valence-electron chi connectivity index (χ3n) is 12.0. The van der Waals surface area contributed by atoms with Crippen LogP contribution in [0.15, 0.2) is 168 Å². The van der Waals surface area contributed by atoms with Crippen LogP contribution in [0.4, 0.5) is 0 Å². The van der Waals surface area contributed by atoms with E-state index in [4.69, 9.17) is 4.42 Å². The highest BCUT2D eigenvalue weighted by molar-refractivity contribution is 6.25. The number of rotatable bonds is 3. The van der Waals surface area contributed by atoms with Crippen LogP contribution in [0.5, 0.6) is 0 Å². The third-order valence-corrected chi connectivity index (χ3v) is 12.0. The van der Waals surface area contributed by atoms with Crippen LogP contribution < -0.4 is 0 Å². The van der Waals surface area contributed by atoms with Gasteiger partial charge in [0, 0.05) is 27.3 Å². The van der Waals surface area contributed by atoms with Crippen LogP contribution in [0.25, 0.3) is 98.8 Å². The number of aryl methyl sites for hydroxylation is 1. The Labute approximate surface area is 308 Å². The molecule has 9 aromatic carbocycles. The van der Waals surface area contributed by atoms with Gasteiger partial charge >= 0.3 is 0 Å². The molecule has 0 fully saturated rings. The van der Waals surface area contributed by atoms with Crippen molar-refractivity contribution in [3.05, 3.63) is 180 Å². The molecule has 10 aromatic rings. The number of furan rings is 1. The molecule has 0 bridgehead atoms. The van der Waals surface area contributed by atoms with Crippen molar-refractivity contribution in [2.24, 2.45) is 0 Å². The summed E-state index contributed by atoms with van der Waals surface area (Å²) >= 11 is 0. The molecule has 0 N–H and O–H groups in total. The normalized spacial score (nSPS) is 13.3. The van der Waals surface area contributed by atoms with Gasteiger partial charge in [-0.1, -0.05) is 159 Å². The molecule has 1 aliphatic carbocycles. The van der Waals surface area contributed by atoms with Gasteiger partial charge in [0.25, 0.3) is 0 Å². The van der Waals surface area contributed by atoms with Crippen LogP contribution in [0, 0.1) is 6.92 Å². The first-order valence-electron chi connectivity index (χ1n) is 18.6. The van der Waals surface area contributed by atoms with E-state index >= 15 is 0 Å². The Morgan fingerprint density at radius 2 is 1.00 bits per heavy atom. The maximum atomic E-state index is 6.89. The van der Waals surface area contributed by atoms with Gasteiger partial charge in [-0.2, -0.15) is 0 Å². The summed E-state index contributed by atoms with van der Waals surface area (Å²) < 4.78 is 6.89. The summed E-state index contributed by atoms with van der Waals surface area (Å²) in [7, 11) is 0. The zero-order valence-electron chi connectivity index (χ0n) is 30.0. The number of hydrogen-bond acceptors (Lipinski definition) is 1. The second-order valence-corrected chi connectivity index (χ2v) is 15.2. The van der Waals surface area contributed by atoms with Crippen molar-refractivity contribution in [2.75, 3.05) is 0 Å². The van der Waals surface area contributed by atoms with Crippen LogP contribution in [0.3, 0.4) is 0 Å². The van der Waals surface area contributed by atoms with E-state index in [9.17, 15) is 0 Å². The van der Waals surface area contributed by atoms with Crippen molar-refractivity contribution in [1.29, 1.82) is 0 Å². The average molecular weight is 677 g/mol. The lowest BCUT2D eigenvalue weighted by Crippen LogP contribution is -2.15. The van der Waals surface area contributed by atoms with Gasteiger partial charge in [-0.05, 0) is 108 Å². The molecule has 53 heavy (non-hydrogen) atoms. The Bertz CT molecular complexity index is 3100. The number of hydrogen-bond donors (Lipinski definition) is 0. The van der Waals surface area contributed by atoms with Crippen LogP contribution in [-0.2, 0) is 5.41 Å². The Kier molecular flexibility index (Phi) is 6.29. The minimum atomic E-state index is -0.140. The van der Waals surface area contributed by atoms with Gasteiger partial charge in [0.15, 0.2) is 0 Å². The van der Waals surface area contributed by atoms with Gasteiger partial charge in [-0.25, -0.2) is 0 Å². The highest BCUT2D eigenvalue weighted by Crippen LogP contribution is 2.54. The van der Waals surface area contributed by atoms with E-state index in [-0.39, 0.29) is 5.41 Å². The molecule has 0 spiro atoms. The molecule has 0 amide bonds. The molecule has 1 aliphatic rings. The molecule has 0 saturated carbocycles. The van der Waals surface area contributed by atoms with Crippen molar-refractivity contribution >= 4 is 54.3 Å². The standard InChI is InChI=1S/C52H36O/c1-31-14-4-6-16-34(31)41-28-29-44(51-49(41)43-22-12-13-23-46(43)53-51)48-39-20-10-8-18-37(39)47(38-19-9-11-21-40(38)48)33-25-26-36-42-27-24-32-15-5-7-17-35(32)50(42)52(2,3)45(36)30-33/h4-30H,1-3H3. The highest BCUT2D eigenvalue weighted by Gasteiger charge is 2.37. The molecular formula is C52H36O. The summed E-state index contributed by atoms with van der Waals surface area (Å²) in [5, 5.41) is 9.88. The predicted octanol–water partition coefficient (Wildman–Crippen LogP) is 14.7. The Morgan fingerprint density at radius 1 is 0.434 bits per heavy atom. The summed E-state index contributed by atoms with van der Waals surface area (Å²) in [5.41, 5.74) is 15.7. The van der Waals surface area contributed by atoms with Crippen LogP contribution in [0.2, 0.25) is 0 Å². The fourth-order valence-corrected chi connectivity index (χ4v) is 9.61. The molecule has 0 atom stereocenters. The molecule has 1 aromatic heterocycles. The van der Waals surface area contributed by atoms with E-state index in [0.29, 0.717) is 0 Å². The van der Waals surface area contributed by atoms with E-state index in [2.05, 4.69) is 185 Å². The minimum Gasteiger partial charge on any atom is -0.455 e. The zero-order valence-corrected chi connectivity index (χ0v) is 30.0. The highest BCUT2D eigenvalue weighted by atomic mass is 16.3. The Balaban J connectivity index is 1.19. The Morgan fingerprint density at radius 3 is 1.74 bits per heavy atom. The number of para-hydroxylation sites is 1. The topological polar surface area (TPSA) is 13.1 Å². The third kappa shape index (κ3) is 4.19.